The van der Waals surface area contributed by atoms with E-state index in [2.05, 4.69) is 0 Å². The molecule has 0 aromatic heterocycles. The zero-order valence-corrected chi connectivity index (χ0v) is 11.3. The lowest BCUT2D eigenvalue weighted by atomic mass is 9.78. The number of aliphatic hydroxyl groups is 1. The van der Waals surface area contributed by atoms with Crippen molar-refractivity contribution in [1.29, 1.82) is 0 Å². The number of piperidine rings is 1. The summed E-state index contributed by atoms with van der Waals surface area (Å²) in [7, 11) is 0. The molecule has 1 aliphatic heterocycles. The van der Waals surface area contributed by atoms with Gasteiger partial charge in [-0.2, -0.15) is 0 Å². The van der Waals surface area contributed by atoms with Gasteiger partial charge in [-0.05, 0) is 38.0 Å². The smallest absolute Gasteiger partial charge is 0.225 e. The molecule has 1 saturated carbocycles. The van der Waals surface area contributed by atoms with Crippen LogP contribution >= 0.6 is 0 Å². The van der Waals surface area contributed by atoms with Crippen molar-refractivity contribution in [1.82, 2.24) is 4.90 Å². The molecule has 4 atom stereocenters. The van der Waals surface area contributed by atoms with Crippen LogP contribution in [0.25, 0.3) is 0 Å². The normalized spacial score (nSPS) is 35.3. The Labute approximate surface area is 110 Å². The van der Waals surface area contributed by atoms with E-state index in [9.17, 15) is 9.90 Å². The first-order valence-electron chi connectivity index (χ1n) is 7.30. The highest BCUT2D eigenvalue weighted by Gasteiger charge is 2.32. The second kappa shape index (κ2) is 6.02. The number of amides is 1. The maximum atomic E-state index is 12.4. The number of hydrogen-bond donors (Lipinski definition) is 2. The summed E-state index contributed by atoms with van der Waals surface area (Å²) < 4.78 is 0. The van der Waals surface area contributed by atoms with Crippen LogP contribution in [0.2, 0.25) is 0 Å². The summed E-state index contributed by atoms with van der Waals surface area (Å²) in [6.45, 7) is 3.35. The van der Waals surface area contributed by atoms with Crippen molar-refractivity contribution in [3.63, 3.8) is 0 Å². The number of β-amino-alcohol motifs (C(OH)–C–C–N with tert-alkyl or cyclic N) is 1. The molecule has 0 aromatic rings. The molecule has 4 unspecified atom stereocenters. The van der Waals surface area contributed by atoms with Gasteiger partial charge < -0.3 is 15.7 Å². The summed E-state index contributed by atoms with van der Waals surface area (Å²) in [4.78, 5) is 14.3. The topological polar surface area (TPSA) is 66.6 Å². The van der Waals surface area contributed by atoms with Crippen molar-refractivity contribution in [3.8, 4) is 0 Å². The second-order valence-electron chi connectivity index (χ2n) is 6.06. The third kappa shape index (κ3) is 3.23. The van der Waals surface area contributed by atoms with Crippen LogP contribution < -0.4 is 5.73 Å². The first-order chi connectivity index (χ1) is 8.58. The lowest BCUT2D eigenvalue weighted by Gasteiger charge is -2.36. The molecule has 3 N–H and O–H groups in total. The van der Waals surface area contributed by atoms with Crippen molar-refractivity contribution in [2.24, 2.45) is 17.6 Å². The highest BCUT2D eigenvalue weighted by molar-refractivity contribution is 5.79. The molecule has 4 heteroatoms. The number of carbonyl (C=O) groups is 1. The summed E-state index contributed by atoms with van der Waals surface area (Å²) >= 11 is 0. The second-order valence-corrected chi connectivity index (χ2v) is 6.06. The SMILES string of the molecule is CC(C(=O)N1CCCC(O)C1)C1CCCC(N)C1. The maximum Gasteiger partial charge on any atom is 0.225 e. The van der Waals surface area contributed by atoms with Crippen molar-refractivity contribution in [3.05, 3.63) is 0 Å². The number of likely N-dealkylation sites (tertiary alicyclic amines) is 1. The van der Waals surface area contributed by atoms with Crippen molar-refractivity contribution >= 4 is 5.91 Å². The highest BCUT2D eigenvalue weighted by Crippen LogP contribution is 2.31. The lowest BCUT2D eigenvalue weighted by Crippen LogP contribution is -2.46. The Hall–Kier alpha value is -0.610. The minimum Gasteiger partial charge on any atom is -0.391 e. The van der Waals surface area contributed by atoms with E-state index in [1.165, 1.54) is 0 Å². The van der Waals surface area contributed by atoms with E-state index in [1.807, 2.05) is 11.8 Å². The van der Waals surface area contributed by atoms with Gasteiger partial charge in [-0.15, -0.1) is 0 Å². The largest absolute Gasteiger partial charge is 0.391 e. The summed E-state index contributed by atoms with van der Waals surface area (Å²) in [5.41, 5.74) is 6.00. The molecule has 0 aromatic carbocycles. The quantitative estimate of drug-likeness (QED) is 0.776. The van der Waals surface area contributed by atoms with Gasteiger partial charge in [0.2, 0.25) is 5.91 Å². The third-order valence-corrected chi connectivity index (χ3v) is 4.56. The van der Waals surface area contributed by atoms with Crippen LogP contribution in [0.3, 0.4) is 0 Å². The Morgan fingerprint density at radius 2 is 2.11 bits per heavy atom. The number of hydrogen-bond acceptors (Lipinski definition) is 3. The molecule has 0 bridgehead atoms. The van der Waals surface area contributed by atoms with E-state index in [0.717, 1.165) is 45.1 Å². The summed E-state index contributed by atoms with van der Waals surface area (Å²) in [5.74, 6) is 0.704. The molecule has 0 spiro atoms. The van der Waals surface area contributed by atoms with Gasteiger partial charge in [-0.3, -0.25) is 4.79 Å². The molecular formula is C14H26N2O2. The first kappa shape index (κ1) is 13.8. The van der Waals surface area contributed by atoms with Gasteiger partial charge in [0, 0.05) is 25.0 Å². The Morgan fingerprint density at radius 1 is 1.33 bits per heavy atom. The Kier molecular flexibility index (Phi) is 4.62. The fourth-order valence-corrected chi connectivity index (χ4v) is 3.37. The fraction of sp³-hybridized carbons (Fsp3) is 0.929. The molecule has 0 radical (unpaired) electrons. The number of rotatable bonds is 2. The molecule has 4 nitrogen and oxygen atoms in total. The van der Waals surface area contributed by atoms with E-state index < -0.39 is 0 Å². The standard InChI is InChI=1S/C14H26N2O2/c1-10(11-4-2-5-12(15)8-11)14(18)16-7-3-6-13(17)9-16/h10-13,17H,2-9,15H2,1H3. The molecule has 2 rings (SSSR count). The number of aliphatic hydroxyl groups excluding tert-OH is 1. The summed E-state index contributed by atoms with van der Waals surface area (Å²) in [5, 5.41) is 9.65. The van der Waals surface area contributed by atoms with E-state index in [4.69, 9.17) is 5.73 Å². The van der Waals surface area contributed by atoms with Gasteiger partial charge in [-0.1, -0.05) is 13.3 Å². The Balaban J connectivity index is 1.91. The van der Waals surface area contributed by atoms with E-state index in [0.29, 0.717) is 12.5 Å². The number of carbonyl (C=O) groups excluding carboxylic acids is 1. The molecule has 104 valence electrons. The zero-order valence-electron chi connectivity index (χ0n) is 11.3. The van der Waals surface area contributed by atoms with E-state index >= 15 is 0 Å². The van der Waals surface area contributed by atoms with Crippen molar-refractivity contribution in [2.75, 3.05) is 13.1 Å². The van der Waals surface area contributed by atoms with E-state index in [-0.39, 0.29) is 24.0 Å². The third-order valence-electron chi connectivity index (χ3n) is 4.56. The summed E-state index contributed by atoms with van der Waals surface area (Å²) in [6, 6.07) is 0.269. The van der Waals surface area contributed by atoms with Crippen LogP contribution in [0, 0.1) is 11.8 Å². The van der Waals surface area contributed by atoms with Gasteiger partial charge in [0.15, 0.2) is 0 Å². The van der Waals surface area contributed by atoms with Gasteiger partial charge in [0.05, 0.1) is 6.10 Å². The molecule has 1 heterocycles. The average molecular weight is 254 g/mol. The minimum atomic E-state index is -0.330. The monoisotopic (exact) mass is 254 g/mol. The fourth-order valence-electron chi connectivity index (χ4n) is 3.37. The Bertz CT molecular complexity index is 296. The number of nitrogens with two attached hydrogens (primary N) is 1. The van der Waals surface area contributed by atoms with Gasteiger partial charge in [0.25, 0.3) is 0 Å². The van der Waals surface area contributed by atoms with Crippen LogP contribution in [-0.2, 0) is 4.79 Å². The van der Waals surface area contributed by atoms with Gasteiger partial charge >= 0.3 is 0 Å². The Morgan fingerprint density at radius 3 is 2.78 bits per heavy atom. The van der Waals surface area contributed by atoms with Crippen LogP contribution in [-0.4, -0.2) is 41.1 Å². The van der Waals surface area contributed by atoms with Crippen LogP contribution in [0.5, 0.6) is 0 Å². The zero-order chi connectivity index (χ0) is 13.1. The van der Waals surface area contributed by atoms with Crippen LogP contribution in [0.1, 0.15) is 45.4 Å². The predicted octanol–water partition coefficient (Wildman–Crippen LogP) is 1.12. The van der Waals surface area contributed by atoms with E-state index in [1.54, 1.807) is 0 Å². The average Bonchev–Trinajstić information content (AvgIpc) is 2.37. The summed E-state index contributed by atoms with van der Waals surface area (Å²) in [6.07, 6.45) is 5.76. The molecule has 1 aliphatic carbocycles. The molecule has 18 heavy (non-hydrogen) atoms. The van der Waals surface area contributed by atoms with Gasteiger partial charge in [-0.25, -0.2) is 0 Å². The van der Waals surface area contributed by atoms with Crippen LogP contribution in [0.4, 0.5) is 0 Å². The molecule has 2 aliphatic rings. The predicted molar refractivity (Wildman–Crippen MR) is 70.9 cm³/mol. The van der Waals surface area contributed by atoms with Crippen LogP contribution in [0.15, 0.2) is 0 Å². The number of nitrogens with zero attached hydrogens (tertiary/aromatic N) is 1. The highest BCUT2D eigenvalue weighted by atomic mass is 16.3. The minimum absolute atomic E-state index is 0.0571. The first-order valence-corrected chi connectivity index (χ1v) is 7.30. The molecule has 1 saturated heterocycles. The molecule has 2 fully saturated rings. The van der Waals surface area contributed by atoms with Crippen molar-refractivity contribution < 1.29 is 9.90 Å². The molecule has 1 amide bonds. The van der Waals surface area contributed by atoms with Gasteiger partial charge in [0.1, 0.15) is 0 Å². The lowest BCUT2D eigenvalue weighted by molar-refractivity contribution is -0.140. The maximum absolute atomic E-state index is 12.4. The molecular weight excluding hydrogens is 228 g/mol. The van der Waals surface area contributed by atoms with Crippen molar-refractivity contribution in [2.45, 2.75) is 57.6 Å².